The normalized spacial score (nSPS) is 10.3. The molecule has 0 unspecified atom stereocenters. The van der Waals surface area contributed by atoms with E-state index in [1.54, 1.807) is 17.8 Å². The van der Waals surface area contributed by atoms with Crippen LogP contribution in [0.15, 0.2) is 53.4 Å². The zero-order valence-corrected chi connectivity index (χ0v) is 10.3. The van der Waals surface area contributed by atoms with Gasteiger partial charge in [0.2, 0.25) is 0 Å². The molecule has 3 heteroatoms. The summed E-state index contributed by atoms with van der Waals surface area (Å²) in [7, 11) is 0. The molecule has 0 atom stereocenters. The van der Waals surface area contributed by atoms with Crippen LogP contribution in [0.1, 0.15) is 5.56 Å². The lowest BCUT2D eigenvalue weighted by Gasteiger charge is -2.05. The zero-order chi connectivity index (χ0) is 11.4. The Bertz CT molecular complexity index is 471. The van der Waals surface area contributed by atoms with Crippen LogP contribution in [0.3, 0.4) is 0 Å². The monoisotopic (exact) mass is 249 g/mol. The van der Waals surface area contributed by atoms with Crippen molar-refractivity contribution >= 4 is 29.1 Å². The predicted octanol–water partition coefficient (Wildman–Crippen LogP) is 4.21. The fourth-order valence-electron chi connectivity index (χ4n) is 1.38. The van der Waals surface area contributed by atoms with E-state index < -0.39 is 0 Å². The smallest absolute Gasteiger partial charge is 0.0426 e. The molecule has 0 spiro atoms. The number of hydrogen-bond donors (Lipinski definition) is 1. The molecule has 2 aromatic rings. The van der Waals surface area contributed by atoms with Crippen molar-refractivity contribution in [2.45, 2.75) is 10.6 Å². The molecule has 0 heterocycles. The molecular formula is C13H12ClNS. The molecule has 0 bridgehead atoms. The lowest BCUT2D eigenvalue weighted by Crippen LogP contribution is -1.92. The highest BCUT2D eigenvalue weighted by atomic mass is 35.5. The number of nitrogen functional groups attached to an aromatic ring is 1. The van der Waals surface area contributed by atoms with Crippen molar-refractivity contribution in [2.24, 2.45) is 0 Å². The van der Waals surface area contributed by atoms with Crippen LogP contribution in [0.25, 0.3) is 0 Å². The number of hydrogen-bond acceptors (Lipinski definition) is 2. The van der Waals surface area contributed by atoms with Crippen LogP contribution < -0.4 is 5.73 Å². The van der Waals surface area contributed by atoms with Crippen molar-refractivity contribution in [3.8, 4) is 0 Å². The lowest BCUT2D eigenvalue weighted by molar-refractivity contribution is 1.38. The van der Waals surface area contributed by atoms with Crippen molar-refractivity contribution in [1.82, 2.24) is 0 Å². The molecule has 2 N–H and O–H groups in total. The highest BCUT2D eigenvalue weighted by molar-refractivity contribution is 7.98. The van der Waals surface area contributed by atoms with Crippen LogP contribution in [-0.4, -0.2) is 0 Å². The molecule has 0 radical (unpaired) electrons. The summed E-state index contributed by atoms with van der Waals surface area (Å²) in [4.78, 5) is 1.25. The average Bonchev–Trinajstić information content (AvgIpc) is 2.29. The van der Waals surface area contributed by atoms with E-state index in [2.05, 4.69) is 12.1 Å². The fraction of sp³-hybridized carbons (Fsp3) is 0.0769. The Labute approximate surface area is 105 Å². The molecule has 0 aliphatic carbocycles. The Hall–Kier alpha value is -1.12. The van der Waals surface area contributed by atoms with Gasteiger partial charge in [-0.15, -0.1) is 11.8 Å². The number of benzene rings is 2. The molecule has 2 aromatic carbocycles. The molecule has 0 saturated carbocycles. The number of rotatable bonds is 3. The van der Waals surface area contributed by atoms with Gasteiger partial charge in [-0.2, -0.15) is 0 Å². The minimum absolute atomic E-state index is 0.686. The van der Waals surface area contributed by atoms with Gasteiger partial charge < -0.3 is 5.73 Å². The summed E-state index contributed by atoms with van der Waals surface area (Å²) in [6.07, 6.45) is 0. The van der Waals surface area contributed by atoms with E-state index in [4.69, 9.17) is 17.3 Å². The van der Waals surface area contributed by atoms with Crippen LogP contribution >= 0.6 is 23.4 Å². The van der Waals surface area contributed by atoms with Gasteiger partial charge in [-0.1, -0.05) is 35.9 Å². The van der Waals surface area contributed by atoms with Crippen LogP contribution in [-0.2, 0) is 5.75 Å². The van der Waals surface area contributed by atoms with Gasteiger partial charge in [0.25, 0.3) is 0 Å². The Morgan fingerprint density at radius 1 is 1.06 bits per heavy atom. The van der Waals surface area contributed by atoms with Gasteiger partial charge in [0.1, 0.15) is 0 Å². The average molecular weight is 250 g/mol. The standard InChI is InChI=1S/C13H12ClNS/c14-11-7-6-10(13(15)8-11)9-16-12-4-2-1-3-5-12/h1-8H,9,15H2. The first-order valence-corrected chi connectivity index (χ1v) is 6.34. The first-order chi connectivity index (χ1) is 7.75. The van der Waals surface area contributed by atoms with E-state index in [1.807, 2.05) is 30.3 Å². The van der Waals surface area contributed by atoms with E-state index in [1.165, 1.54) is 4.90 Å². The third-order valence-corrected chi connectivity index (χ3v) is 3.54. The highest BCUT2D eigenvalue weighted by Gasteiger charge is 2.01. The summed E-state index contributed by atoms with van der Waals surface area (Å²) in [5, 5.41) is 0.686. The Balaban J connectivity index is 2.05. The van der Waals surface area contributed by atoms with Gasteiger partial charge in [-0.05, 0) is 29.8 Å². The summed E-state index contributed by atoms with van der Waals surface area (Å²) >= 11 is 7.62. The SMILES string of the molecule is Nc1cc(Cl)ccc1CSc1ccccc1. The molecule has 82 valence electrons. The van der Waals surface area contributed by atoms with Crippen molar-refractivity contribution in [1.29, 1.82) is 0 Å². The Kier molecular flexibility index (Phi) is 3.75. The second kappa shape index (κ2) is 5.28. The second-order valence-corrected chi connectivity index (χ2v) is 4.93. The summed E-state index contributed by atoms with van der Waals surface area (Å²) in [6, 6.07) is 15.9. The van der Waals surface area contributed by atoms with Gasteiger partial charge in [-0.25, -0.2) is 0 Å². The molecule has 0 aliphatic rings. The quantitative estimate of drug-likeness (QED) is 0.651. The van der Waals surface area contributed by atoms with Crippen molar-refractivity contribution < 1.29 is 0 Å². The predicted molar refractivity (Wildman–Crippen MR) is 71.9 cm³/mol. The maximum Gasteiger partial charge on any atom is 0.0426 e. The zero-order valence-electron chi connectivity index (χ0n) is 8.69. The molecule has 16 heavy (non-hydrogen) atoms. The molecule has 0 saturated heterocycles. The van der Waals surface area contributed by atoms with E-state index in [9.17, 15) is 0 Å². The highest BCUT2D eigenvalue weighted by Crippen LogP contribution is 2.26. The molecule has 0 aliphatic heterocycles. The molecule has 0 aromatic heterocycles. The van der Waals surface area contributed by atoms with E-state index >= 15 is 0 Å². The summed E-state index contributed by atoms with van der Waals surface area (Å²) in [5.74, 6) is 0.868. The summed E-state index contributed by atoms with van der Waals surface area (Å²) < 4.78 is 0. The molecule has 1 nitrogen and oxygen atoms in total. The van der Waals surface area contributed by atoms with Gasteiger partial charge in [0.05, 0.1) is 0 Å². The topological polar surface area (TPSA) is 26.0 Å². The molecule has 0 amide bonds. The van der Waals surface area contributed by atoms with Crippen LogP contribution in [0.5, 0.6) is 0 Å². The van der Waals surface area contributed by atoms with Crippen LogP contribution in [0, 0.1) is 0 Å². The maximum absolute atomic E-state index is 5.89. The minimum Gasteiger partial charge on any atom is -0.398 e. The third kappa shape index (κ3) is 2.94. The Morgan fingerprint density at radius 3 is 2.50 bits per heavy atom. The van der Waals surface area contributed by atoms with Gasteiger partial charge in [-0.3, -0.25) is 0 Å². The fourth-order valence-corrected chi connectivity index (χ4v) is 2.49. The Morgan fingerprint density at radius 2 is 1.81 bits per heavy atom. The first kappa shape index (κ1) is 11.4. The number of halogens is 1. The van der Waals surface area contributed by atoms with Crippen molar-refractivity contribution in [2.75, 3.05) is 5.73 Å². The van der Waals surface area contributed by atoms with Crippen LogP contribution in [0.2, 0.25) is 5.02 Å². The van der Waals surface area contributed by atoms with E-state index in [0.717, 1.165) is 17.0 Å². The summed E-state index contributed by atoms with van der Waals surface area (Å²) in [6.45, 7) is 0. The van der Waals surface area contributed by atoms with Crippen LogP contribution in [0.4, 0.5) is 5.69 Å². The number of anilines is 1. The molecule has 0 fully saturated rings. The van der Waals surface area contributed by atoms with Gasteiger partial charge in [0.15, 0.2) is 0 Å². The molecular weight excluding hydrogens is 238 g/mol. The summed E-state index contributed by atoms with van der Waals surface area (Å²) in [5.41, 5.74) is 7.77. The van der Waals surface area contributed by atoms with Gasteiger partial charge in [0, 0.05) is 21.4 Å². The number of nitrogens with two attached hydrogens (primary N) is 1. The second-order valence-electron chi connectivity index (χ2n) is 3.44. The van der Waals surface area contributed by atoms with E-state index in [-0.39, 0.29) is 0 Å². The van der Waals surface area contributed by atoms with Crippen molar-refractivity contribution in [3.05, 3.63) is 59.1 Å². The lowest BCUT2D eigenvalue weighted by atomic mass is 10.2. The first-order valence-electron chi connectivity index (χ1n) is 4.97. The largest absolute Gasteiger partial charge is 0.398 e. The minimum atomic E-state index is 0.686. The van der Waals surface area contributed by atoms with Crippen molar-refractivity contribution in [3.63, 3.8) is 0 Å². The van der Waals surface area contributed by atoms with Gasteiger partial charge >= 0.3 is 0 Å². The van der Waals surface area contributed by atoms with E-state index in [0.29, 0.717) is 5.02 Å². The maximum atomic E-state index is 5.89. The molecule has 2 rings (SSSR count). The number of thioether (sulfide) groups is 1. The third-order valence-electron chi connectivity index (χ3n) is 2.25.